The summed E-state index contributed by atoms with van der Waals surface area (Å²) in [6.07, 6.45) is 0.603. The Bertz CT molecular complexity index is 1170. The molecular weight excluding hydrogens is 421 g/mol. The highest BCUT2D eigenvalue weighted by molar-refractivity contribution is 7.89. The number of sulfonamides is 1. The number of piperidine rings is 1. The third-order valence-electron chi connectivity index (χ3n) is 4.68. The third-order valence-corrected chi connectivity index (χ3v) is 7.53. The molecule has 1 saturated heterocycles. The van der Waals surface area contributed by atoms with Crippen molar-refractivity contribution in [3.05, 3.63) is 58.4 Å². The summed E-state index contributed by atoms with van der Waals surface area (Å²) in [5.74, 6) is -0.346. The largest absolute Gasteiger partial charge is 0.467 e. The van der Waals surface area contributed by atoms with Crippen molar-refractivity contribution in [1.82, 2.24) is 9.29 Å². The van der Waals surface area contributed by atoms with Gasteiger partial charge in [-0.1, -0.05) is 23.5 Å². The van der Waals surface area contributed by atoms with Crippen LogP contribution < -0.4 is 4.74 Å². The molecule has 0 unspecified atom stereocenters. The van der Waals surface area contributed by atoms with Crippen LogP contribution >= 0.6 is 11.3 Å². The summed E-state index contributed by atoms with van der Waals surface area (Å²) >= 11 is 1.23. The van der Waals surface area contributed by atoms with Crippen LogP contribution in [-0.4, -0.2) is 41.8 Å². The number of benzene rings is 2. The molecule has 29 heavy (non-hydrogen) atoms. The molecule has 0 atom stereocenters. The molecule has 0 radical (unpaired) electrons. The molecule has 0 saturated carbocycles. The Hall–Kier alpha value is -2.63. The van der Waals surface area contributed by atoms with Gasteiger partial charge in [-0.3, -0.25) is 10.1 Å². The van der Waals surface area contributed by atoms with Gasteiger partial charge < -0.3 is 4.74 Å². The number of rotatable bonds is 5. The van der Waals surface area contributed by atoms with E-state index in [9.17, 15) is 22.9 Å². The van der Waals surface area contributed by atoms with Gasteiger partial charge in [-0.15, -0.1) is 0 Å². The molecule has 0 N–H and O–H groups in total. The first-order valence-electron chi connectivity index (χ1n) is 8.81. The fourth-order valence-electron chi connectivity index (χ4n) is 3.23. The molecule has 2 heterocycles. The topological polar surface area (TPSA) is 103 Å². The molecule has 1 aliphatic rings. The van der Waals surface area contributed by atoms with E-state index in [1.165, 1.54) is 52.0 Å². The normalized spacial score (nSPS) is 16.2. The number of nitro benzene ring substituents is 1. The number of ether oxygens (including phenoxy) is 1. The van der Waals surface area contributed by atoms with E-state index < -0.39 is 20.6 Å². The number of para-hydroxylation sites is 1. The van der Waals surface area contributed by atoms with Crippen LogP contribution in [0.15, 0.2) is 47.4 Å². The molecular formula is C18H16FN3O5S2. The molecule has 8 nitrogen and oxygen atoms in total. The molecule has 0 amide bonds. The lowest BCUT2D eigenvalue weighted by molar-refractivity contribution is -0.387. The highest BCUT2D eigenvalue weighted by atomic mass is 32.2. The average Bonchev–Trinajstić information content (AvgIpc) is 3.09. The first kappa shape index (κ1) is 19.7. The van der Waals surface area contributed by atoms with E-state index in [-0.39, 0.29) is 29.9 Å². The summed E-state index contributed by atoms with van der Waals surface area (Å²) in [4.78, 5) is 14.5. The molecule has 3 aromatic rings. The molecule has 1 aliphatic heterocycles. The lowest BCUT2D eigenvalue weighted by Crippen LogP contribution is -2.41. The van der Waals surface area contributed by atoms with Gasteiger partial charge in [0, 0.05) is 19.2 Å². The van der Waals surface area contributed by atoms with Crippen molar-refractivity contribution in [1.29, 1.82) is 0 Å². The maximum atomic E-state index is 13.3. The number of hydrogen-bond acceptors (Lipinski definition) is 7. The molecule has 1 aromatic heterocycles. The molecule has 0 spiro atoms. The zero-order valence-electron chi connectivity index (χ0n) is 15.0. The van der Waals surface area contributed by atoms with E-state index in [1.54, 1.807) is 6.07 Å². The number of thiazole rings is 1. The van der Waals surface area contributed by atoms with Crippen molar-refractivity contribution in [2.75, 3.05) is 13.1 Å². The van der Waals surface area contributed by atoms with Crippen molar-refractivity contribution in [2.24, 2.45) is 0 Å². The van der Waals surface area contributed by atoms with Crippen LogP contribution in [0.4, 0.5) is 10.1 Å². The van der Waals surface area contributed by atoms with Crippen molar-refractivity contribution >= 4 is 37.3 Å². The smallest absolute Gasteiger partial charge is 0.289 e. The second-order valence-electron chi connectivity index (χ2n) is 6.54. The van der Waals surface area contributed by atoms with Crippen LogP contribution in [0.3, 0.4) is 0 Å². The Morgan fingerprint density at radius 2 is 1.93 bits per heavy atom. The minimum atomic E-state index is -3.98. The first-order chi connectivity index (χ1) is 13.8. The van der Waals surface area contributed by atoms with Gasteiger partial charge in [-0.2, -0.15) is 4.31 Å². The fourth-order valence-corrected chi connectivity index (χ4v) is 5.76. The number of nitro groups is 1. The van der Waals surface area contributed by atoms with Gasteiger partial charge >= 0.3 is 0 Å². The summed E-state index contributed by atoms with van der Waals surface area (Å²) in [6, 6.07) is 9.62. The van der Waals surface area contributed by atoms with Crippen molar-refractivity contribution in [3.8, 4) is 5.19 Å². The lowest BCUT2D eigenvalue weighted by atomic mass is 10.1. The predicted molar refractivity (Wildman–Crippen MR) is 105 cm³/mol. The number of aromatic nitrogens is 1. The summed E-state index contributed by atoms with van der Waals surface area (Å²) in [5, 5.41) is 11.6. The number of halogens is 1. The van der Waals surface area contributed by atoms with E-state index in [0.717, 1.165) is 0 Å². The lowest BCUT2D eigenvalue weighted by Gasteiger charge is -2.30. The highest BCUT2D eigenvalue weighted by Gasteiger charge is 2.34. The van der Waals surface area contributed by atoms with Gasteiger partial charge in [0.05, 0.1) is 15.1 Å². The predicted octanol–water partition coefficient (Wildman–Crippen LogP) is 3.58. The Morgan fingerprint density at radius 1 is 1.21 bits per heavy atom. The summed E-state index contributed by atoms with van der Waals surface area (Å²) in [7, 11) is -3.98. The van der Waals surface area contributed by atoms with Gasteiger partial charge in [0.2, 0.25) is 10.0 Å². The van der Waals surface area contributed by atoms with E-state index in [0.29, 0.717) is 28.3 Å². The average molecular weight is 437 g/mol. The monoisotopic (exact) mass is 437 g/mol. The van der Waals surface area contributed by atoms with Crippen LogP contribution in [0.1, 0.15) is 12.8 Å². The van der Waals surface area contributed by atoms with Crippen molar-refractivity contribution in [3.63, 3.8) is 0 Å². The highest BCUT2D eigenvalue weighted by Crippen LogP contribution is 2.32. The molecule has 11 heteroatoms. The van der Waals surface area contributed by atoms with Crippen molar-refractivity contribution < 1.29 is 22.5 Å². The molecule has 152 valence electrons. The van der Waals surface area contributed by atoms with Crippen LogP contribution in [0.25, 0.3) is 10.2 Å². The minimum Gasteiger partial charge on any atom is -0.467 e. The fraction of sp³-hybridized carbons (Fsp3) is 0.278. The summed E-state index contributed by atoms with van der Waals surface area (Å²) < 4.78 is 46.8. The van der Waals surface area contributed by atoms with Crippen LogP contribution in [-0.2, 0) is 10.0 Å². The molecule has 2 aromatic carbocycles. The standard InChI is InChI=1S/C18H16FN3O5S2/c19-12-5-6-14-16(11-12)28-18(20-14)27-13-7-9-21(10-8-13)29(25,26)17-4-2-1-3-15(17)22(23)24/h1-6,11,13H,7-10H2. The second kappa shape index (κ2) is 7.65. The summed E-state index contributed by atoms with van der Waals surface area (Å²) in [5.41, 5.74) is 0.204. The number of nitrogens with zero attached hydrogens (tertiary/aromatic N) is 3. The zero-order chi connectivity index (χ0) is 20.6. The SMILES string of the molecule is O=[N+]([O-])c1ccccc1S(=O)(=O)N1CCC(Oc2nc3ccc(F)cc3s2)CC1. The maximum absolute atomic E-state index is 13.3. The van der Waals surface area contributed by atoms with Crippen LogP contribution in [0, 0.1) is 15.9 Å². The quantitative estimate of drug-likeness (QED) is 0.447. The van der Waals surface area contributed by atoms with E-state index in [2.05, 4.69) is 4.98 Å². The maximum Gasteiger partial charge on any atom is 0.289 e. The Balaban J connectivity index is 1.45. The number of hydrogen-bond donors (Lipinski definition) is 0. The minimum absolute atomic E-state index is 0.179. The molecule has 1 fully saturated rings. The van der Waals surface area contributed by atoms with Crippen molar-refractivity contribution in [2.45, 2.75) is 23.8 Å². The van der Waals surface area contributed by atoms with E-state index >= 15 is 0 Å². The Labute approximate surface area is 169 Å². The van der Waals surface area contributed by atoms with Gasteiger partial charge in [0.1, 0.15) is 11.9 Å². The second-order valence-corrected chi connectivity index (χ2v) is 9.44. The van der Waals surface area contributed by atoms with Gasteiger partial charge in [0.25, 0.3) is 10.9 Å². The van der Waals surface area contributed by atoms with Crippen LogP contribution in [0.2, 0.25) is 0 Å². The van der Waals surface area contributed by atoms with E-state index in [1.807, 2.05) is 0 Å². The molecule has 0 bridgehead atoms. The zero-order valence-corrected chi connectivity index (χ0v) is 16.7. The van der Waals surface area contributed by atoms with Gasteiger partial charge in [-0.25, -0.2) is 17.8 Å². The third kappa shape index (κ3) is 3.93. The molecule has 0 aliphatic carbocycles. The van der Waals surface area contributed by atoms with Crippen LogP contribution in [0.5, 0.6) is 5.19 Å². The van der Waals surface area contributed by atoms with Gasteiger partial charge in [0.15, 0.2) is 4.90 Å². The summed E-state index contributed by atoms with van der Waals surface area (Å²) in [6.45, 7) is 0.358. The van der Waals surface area contributed by atoms with E-state index in [4.69, 9.17) is 4.74 Å². The first-order valence-corrected chi connectivity index (χ1v) is 11.1. The Morgan fingerprint density at radius 3 is 2.66 bits per heavy atom. The van der Waals surface area contributed by atoms with Gasteiger partial charge in [-0.05, 0) is 37.1 Å². The Kier molecular flexibility index (Phi) is 5.19. The number of fused-ring (bicyclic) bond motifs is 1. The molecule has 4 rings (SSSR count).